The molecule has 5 nitrogen and oxygen atoms in total. The molecule has 0 spiro atoms. The van der Waals surface area contributed by atoms with Gasteiger partial charge >= 0.3 is 0 Å². The van der Waals surface area contributed by atoms with Gasteiger partial charge in [-0.2, -0.15) is 0 Å². The molecule has 134 valence electrons. The summed E-state index contributed by atoms with van der Waals surface area (Å²) in [5.74, 6) is 1.55. The van der Waals surface area contributed by atoms with Crippen LogP contribution in [0.15, 0.2) is 69.6 Å². The van der Waals surface area contributed by atoms with Crippen molar-refractivity contribution in [3.8, 4) is 17.2 Å². The summed E-state index contributed by atoms with van der Waals surface area (Å²) in [4.78, 5) is 5.49. The van der Waals surface area contributed by atoms with Crippen molar-refractivity contribution < 1.29 is 9.15 Å². The van der Waals surface area contributed by atoms with Gasteiger partial charge in [-0.3, -0.25) is 0 Å². The number of hydrogen-bond acceptors (Lipinski definition) is 6. The molecule has 0 aliphatic heterocycles. The van der Waals surface area contributed by atoms with Crippen molar-refractivity contribution in [3.05, 3.63) is 66.4 Å². The summed E-state index contributed by atoms with van der Waals surface area (Å²) in [6.45, 7) is 0.540. The summed E-state index contributed by atoms with van der Waals surface area (Å²) in [5.41, 5.74) is 2.73. The first-order valence-electron chi connectivity index (χ1n) is 8.39. The monoisotopic (exact) mass is 393 g/mol. The number of imidazole rings is 1. The number of fused-ring (bicyclic) bond motifs is 2. The van der Waals surface area contributed by atoms with E-state index in [2.05, 4.69) is 22.2 Å². The highest BCUT2D eigenvalue weighted by Crippen LogP contribution is 2.31. The lowest BCUT2D eigenvalue weighted by Gasteiger charge is -2.05. The topological polar surface area (TPSA) is 52.6 Å². The fraction of sp³-hybridized carbons (Fsp3) is 0.100. The second-order valence-electron chi connectivity index (χ2n) is 6.01. The number of furan rings is 1. The Balaban J connectivity index is 1.41. The summed E-state index contributed by atoms with van der Waals surface area (Å²) in [7, 11) is 0. The largest absolute Gasteiger partial charge is 0.489 e. The minimum atomic E-state index is 0.540. The Bertz CT molecular complexity index is 1190. The van der Waals surface area contributed by atoms with Crippen LogP contribution < -0.4 is 4.74 Å². The predicted molar refractivity (Wildman–Crippen MR) is 109 cm³/mol. The van der Waals surface area contributed by atoms with Crippen LogP contribution in [0.3, 0.4) is 0 Å². The van der Waals surface area contributed by atoms with E-state index in [0.717, 1.165) is 43.0 Å². The molecule has 7 heteroatoms. The number of hydrogen-bond donors (Lipinski definition) is 0. The van der Waals surface area contributed by atoms with Gasteiger partial charge in [-0.15, -0.1) is 5.10 Å². The van der Waals surface area contributed by atoms with Crippen LogP contribution >= 0.6 is 23.1 Å². The normalized spacial score (nSPS) is 11.4. The van der Waals surface area contributed by atoms with Crippen LogP contribution in [0.25, 0.3) is 27.4 Å². The zero-order chi connectivity index (χ0) is 18.2. The number of thioether (sulfide) groups is 1. The molecule has 0 saturated heterocycles. The van der Waals surface area contributed by atoms with E-state index in [1.54, 1.807) is 27.6 Å². The van der Waals surface area contributed by atoms with Crippen LogP contribution in [-0.2, 0) is 6.61 Å². The van der Waals surface area contributed by atoms with E-state index in [4.69, 9.17) is 9.15 Å². The third-order valence-corrected chi connectivity index (χ3v) is 6.09. The lowest BCUT2D eigenvalue weighted by molar-refractivity contribution is 0.306. The molecule has 0 aliphatic rings. The highest BCUT2D eigenvalue weighted by atomic mass is 32.2. The fourth-order valence-electron chi connectivity index (χ4n) is 2.86. The third-order valence-electron chi connectivity index (χ3n) is 4.19. The van der Waals surface area contributed by atoms with Crippen LogP contribution in [0.2, 0.25) is 0 Å². The first kappa shape index (κ1) is 16.4. The molecular formula is C20H15N3O2S2. The van der Waals surface area contributed by atoms with Gasteiger partial charge in [0.1, 0.15) is 23.6 Å². The van der Waals surface area contributed by atoms with E-state index in [-0.39, 0.29) is 0 Å². The van der Waals surface area contributed by atoms with Crippen LogP contribution in [0.5, 0.6) is 5.75 Å². The molecule has 0 bridgehead atoms. The van der Waals surface area contributed by atoms with Crippen molar-refractivity contribution in [2.75, 3.05) is 6.26 Å². The number of aromatic nitrogens is 3. The average molecular weight is 393 g/mol. The Hall–Kier alpha value is -2.77. The fourth-order valence-corrected chi connectivity index (χ4v) is 4.20. The molecule has 0 aliphatic carbocycles. The number of benzene rings is 2. The molecule has 2 aromatic carbocycles. The van der Waals surface area contributed by atoms with Crippen LogP contribution in [-0.4, -0.2) is 20.9 Å². The van der Waals surface area contributed by atoms with Gasteiger partial charge in [-0.05, 0) is 36.1 Å². The molecule has 3 heterocycles. The van der Waals surface area contributed by atoms with Gasteiger partial charge in [0, 0.05) is 5.39 Å². The number of rotatable bonds is 5. The molecule has 0 saturated carbocycles. The summed E-state index contributed by atoms with van der Waals surface area (Å²) >= 11 is 3.19. The van der Waals surface area contributed by atoms with Crippen LogP contribution in [0.1, 0.15) is 5.56 Å². The molecule has 0 amide bonds. The SMILES string of the molecule is CSc1nn2cc(-c3cc4cc(OCc5ccccc5)ccc4o3)nc2s1. The summed E-state index contributed by atoms with van der Waals surface area (Å²) in [6, 6.07) is 18.0. The Morgan fingerprint density at radius 2 is 2.04 bits per heavy atom. The molecule has 5 rings (SSSR count). The molecule has 27 heavy (non-hydrogen) atoms. The molecule has 0 fully saturated rings. The molecule has 0 unspecified atom stereocenters. The lowest BCUT2D eigenvalue weighted by atomic mass is 10.2. The number of nitrogens with zero attached hydrogens (tertiary/aromatic N) is 3. The van der Waals surface area contributed by atoms with Crippen LogP contribution in [0.4, 0.5) is 0 Å². The summed E-state index contributed by atoms with van der Waals surface area (Å²) < 4.78 is 14.7. The van der Waals surface area contributed by atoms with E-state index < -0.39 is 0 Å². The molecule has 3 aromatic heterocycles. The maximum Gasteiger partial charge on any atom is 0.213 e. The van der Waals surface area contributed by atoms with Gasteiger partial charge in [0.05, 0.1) is 6.20 Å². The lowest BCUT2D eigenvalue weighted by Crippen LogP contribution is -1.94. The zero-order valence-electron chi connectivity index (χ0n) is 14.5. The second-order valence-corrected chi connectivity index (χ2v) is 8.02. The molecule has 0 N–H and O–H groups in total. The quantitative estimate of drug-likeness (QED) is 0.369. The van der Waals surface area contributed by atoms with Gasteiger partial charge in [0.25, 0.3) is 0 Å². The molecule has 5 aromatic rings. The minimum absolute atomic E-state index is 0.540. The average Bonchev–Trinajstić information content (AvgIpc) is 3.38. The standard InChI is InChI=1S/C20H15N3O2S2/c1-26-20-22-23-11-16(21-19(23)27-20)18-10-14-9-15(7-8-17(14)25-18)24-12-13-5-3-2-4-6-13/h2-11H,12H2,1H3. The van der Waals surface area contributed by atoms with Gasteiger partial charge in [-0.25, -0.2) is 9.50 Å². The van der Waals surface area contributed by atoms with E-state index in [1.165, 1.54) is 0 Å². The maximum atomic E-state index is 5.97. The summed E-state index contributed by atoms with van der Waals surface area (Å²) in [6.07, 6.45) is 3.91. The zero-order valence-corrected chi connectivity index (χ0v) is 16.1. The van der Waals surface area contributed by atoms with Crippen molar-refractivity contribution >= 4 is 39.0 Å². The van der Waals surface area contributed by atoms with E-state index >= 15 is 0 Å². The van der Waals surface area contributed by atoms with E-state index in [9.17, 15) is 0 Å². The van der Waals surface area contributed by atoms with Crippen molar-refractivity contribution in [2.24, 2.45) is 0 Å². The predicted octanol–water partition coefficient (Wildman–Crippen LogP) is 5.50. The first-order valence-corrected chi connectivity index (χ1v) is 10.4. The Morgan fingerprint density at radius 3 is 2.85 bits per heavy atom. The van der Waals surface area contributed by atoms with Crippen molar-refractivity contribution in [2.45, 2.75) is 10.9 Å². The van der Waals surface area contributed by atoms with Gasteiger partial charge in [0.15, 0.2) is 10.1 Å². The smallest absolute Gasteiger partial charge is 0.213 e. The molecule has 0 radical (unpaired) electrons. The highest BCUT2D eigenvalue weighted by molar-refractivity contribution is 8.00. The van der Waals surface area contributed by atoms with Gasteiger partial charge in [-0.1, -0.05) is 53.4 Å². The Morgan fingerprint density at radius 1 is 1.15 bits per heavy atom. The molecular weight excluding hydrogens is 378 g/mol. The van der Waals surface area contributed by atoms with Crippen molar-refractivity contribution in [3.63, 3.8) is 0 Å². The number of ether oxygens (including phenoxy) is 1. The maximum absolute atomic E-state index is 5.97. The van der Waals surface area contributed by atoms with Crippen molar-refractivity contribution in [1.82, 2.24) is 14.6 Å². The van der Waals surface area contributed by atoms with Gasteiger partial charge < -0.3 is 9.15 Å². The van der Waals surface area contributed by atoms with Crippen molar-refractivity contribution in [1.29, 1.82) is 0 Å². The summed E-state index contributed by atoms with van der Waals surface area (Å²) in [5, 5.41) is 5.46. The highest BCUT2D eigenvalue weighted by Gasteiger charge is 2.13. The second kappa shape index (κ2) is 6.75. The Kier molecular flexibility index (Phi) is 4.10. The van der Waals surface area contributed by atoms with Gasteiger partial charge in [0.2, 0.25) is 4.96 Å². The molecule has 0 atom stereocenters. The minimum Gasteiger partial charge on any atom is -0.489 e. The van der Waals surface area contributed by atoms with E-state index in [0.29, 0.717) is 6.61 Å². The van der Waals surface area contributed by atoms with E-state index in [1.807, 2.05) is 54.9 Å². The Labute approximate surface area is 163 Å². The first-order chi connectivity index (χ1) is 13.3. The third kappa shape index (κ3) is 3.20. The van der Waals surface area contributed by atoms with Crippen LogP contribution in [0, 0.1) is 0 Å².